The molecule has 2 aromatic rings. The van der Waals surface area contributed by atoms with Gasteiger partial charge in [0.2, 0.25) is 0 Å². The molecule has 1 aliphatic heterocycles. The van der Waals surface area contributed by atoms with E-state index < -0.39 is 5.92 Å². The Kier molecular flexibility index (Phi) is 3.90. The monoisotopic (exact) mass is 316 g/mol. The molecule has 1 saturated heterocycles. The van der Waals surface area contributed by atoms with Gasteiger partial charge in [-0.05, 0) is 23.8 Å². The number of Topliss-reactive ketones (excluding diaryl/α,β-unsaturated/α-hetero) is 1. The molecule has 3 rings (SSSR count). The number of carbonyl (C=O) groups excluding carboxylic acids is 1. The third-order valence-electron chi connectivity index (χ3n) is 3.10. The lowest BCUT2D eigenvalue weighted by molar-refractivity contribution is -0.114. The minimum Gasteiger partial charge on any atom is -0.497 e. The summed E-state index contributed by atoms with van der Waals surface area (Å²) in [7, 11) is 1.61. The summed E-state index contributed by atoms with van der Waals surface area (Å²) in [5, 5.41) is 10.9. The fraction of sp³-hybridized carbons (Fsp3) is 0.133. The Balaban J connectivity index is 1.88. The van der Waals surface area contributed by atoms with Gasteiger partial charge in [-0.2, -0.15) is 0 Å². The van der Waals surface area contributed by atoms with Crippen LogP contribution in [0.15, 0.2) is 40.7 Å². The quantitative estimate of drug-likeness (QED) is 0.879. The molecule has 0 spiro atoms. The lowest BCUT2D eigenvalue weighted by Gasteiger charge is -2.01. The van der Waals surface area contributed by atoms with Crippen LogP contribution in [-0.4, -0.2) is 22.9 Å². The Morgan fingerprint density at radius 2 is 2.10 bits per heavy atom. The molecule has 4 nitrogen and oxygen atoms in total. The number of nitrogens with zero attached hydrogens (tertiary/aromatic N) is 1. The second-order valence-electron chi connectivity index (χ2n) is 4.42. The highest BCUT2D eigenvalue weighted by Crippen LogP contribution is 2.41. The number of carbonyl (C=O) groups is 1. The second kappa shape index (κ2) is 5.83. The summed E-state index contributed by atoms with van der Waals surface area (Å²) in [6.45, 7) is 0. The Hall–Kier alpha value is -1.92. The van der Waals surface area contributed by atoms with Crippen LogP contribution in [0.25, 0.3) is 6.08 Å². The molecule has 1 unspecified atom stereocenters. The Morgan fingerprint density at radius 3 is 2.71 bits per heavy atom. The van der Waals surface area contributed by atoms with E-state index in [4.69, 9.17) is 10.1 Å². The Labute approximate surface area is 130 Å². The van der Waals surface area contributed by atoms with E-state index in [0.717, 1.165) is 11.3 Å². The van der Waals surface area contributed by atoms with Gasteiger partial charge in [0.05, 0.1) is 17.1 Å². The van der Waals surface area contributed by atoms with Crippen molar-refractivity contribution < 1.29 is 9.53 Å². The van der Waals surface area contributed by atoms with E-state index in [1.54, 1.807) is 13.3 Å². The van der Waals surface area contributed by atoms with Crippen LogP contribution >= 0.6 is 23.1 Å². The molecule has 1 aromatic heterocycles. The lowest BCUT2D eigenvalue weighted by atomic mass is 10.1. The van der Waals surface area contributed by atoms with Gasteiger partial charge in [-0.3, -0.25) is 10.2 Å². The SMILES string of the molecule is COc1ccc(C=C2SC(=N)C(c3nccs3)C2=O)cc1. The molecule has 106 valence electrons. The van der Waals surface area contributed by atoms with Gasteiger partial charge in [0.1, 0.15) is 16.7 Å². The van der Waals surface area contributed by atoms with Crippen LogP contribution in [0.1, 0.15) is 16.5 Å². The van der Waals surface area contributed by atoms with Crippen LogP contribution in [0.5, 0.6) is 5.75 Å². The first kappa shape index (κ1) is 14.0. The third-order valence-corrected chi connectivity index (χ3v) is 4.93. The fourth-order valence-electron chi connectivity index (χ4n) is 2.04. The van der Waals surface area contributed by atoms with Gasteiger partial charge in [0.15, 0.2) is 5.78 Å². The van der Waals surface area contributed by atoms with Crippen LogP contribution in [0.2, 0.25) is 0 Å². The van der Waals surface area contributed by atoms with Crippen molar-refractivity contribution >= 4 is 40.0 Å². The number of thiazole rings is 1. The zero-order chi connectivity index (χ0) is 14.8. The highest BCUT2D eigenvalue weighted by atomic mass is 32.2. The Morgan fingerprint density at radius 1 is 1.33 bits per heavy atom. The van der Waals surface area contributed by atoms with E-state index in [2.05, 4.69) is 4.98 Å². The molecule has 0 aliphatic carbocycles. The normalized spacial score (nSPS) is 20.2. The van der Waals surface area contributed by atoms with Gasteiger partial charge in [-0.15, -0.1) is 11.3 Å². The molecule has 21 heavy (non-hydrogen) atoms. The number of aromatic nitrogens is 1. The maximum absolute atomic E-state index is 12.5. The van der Waals surface area contributed by atoms with Gasteiger partial charge in [-0.1, -0.05) is 23.9 Å². The third kappa shape index (κ3) is 2.77. The number of rotatable bonds is 3. The first-order valence-corrected chi connectivity index (χ1v) is 7.94. The number of allylic oxidation sites excluding steroid dienone is 1. The lowest BCUT2D eigenvalue weighted by Crippen LogP contribution is -2.11. The van der Waals surface area contributed by atoms with Crippen LogP contribution < -0.4 is 4.74 Å². The second-order valence-corrected chi connectivity index (χ2v) is 6.43. The smallest absolute Gasteiger partial charge is 0.186 e. The summed E-state index contributed by atoms with van der Waals surface area (Å²) >= 11 is 2.63. The summed E-state index contributed by atoms with van der Waals surface area (Å²) in [4.78, 5) is 17.2. The zero-order valence-electron chi connectivity index (χ0n) is 11.2. The van der Waals surface area contributed by atoms with Crippen molar-refractivity contribution in [1.82, 2.24) is 4.98 Å². The number of benzene rings is 1. The molecular weight excluding hydrogens is 304 g/mol. The van der Waals surface area contributed by atoms with E-state index >= 15 is 0 Å². The first-order valence-electron chi connectivity index (χ1n) is 6.24. The van der Waals surface area contributed by atoms with E-state index in [9.17, 15) is 4.79 Å². The van der Waals surface area contributed by atoms with Gasteiger partial charge in [-0.25, -0.2) is 4.98 Å². The number of ketones is 1. The number of nitrogens with one attached hydrogen (secondary N) is 1. The van der Waals surface area contributed by atoms with Gasteiger partial charge in [0.25, 0.3) is 0 Å². The summed E-state index contributed by atoms with van der Waals surface area (Å²) in [6.07, 6.45) is 3.48. The van der Waals surface area contributed by atoms with Gasteiger partial charge in [0, 0.05) is 11.6 Å². The van der Waals surface area contributed by atoms with E-state index in [1.165, 1.54) is 23.1 Å². The number of thioether (sulfide) groups is 1. The molecular formula is C15H12N2O2S2. The fourth-order valence-corrected chi connectivity index (χ4v) is 3.85. The number of hydrogen-bond acceptors (Lipinski definition) is 6. The largest absolute Gasteiger partial charge is 0.497 e. The molecule has 1 aromatic carbocycles. The van der Waals surface area contributed by atoms with Crippen molar-refractivity contribution in [3.05, 3.63) is 51.3 Å². The number of hydrogen-bond donors (Lipinski definition) is 1. The summed E-state index contributed by atoms with van der Waals surface area (Å²) < 4.78 is 5.11. The Bertz CT molecular complexity index is 706. The van der Waals surface area contributed by atoms with Crippen molar-refractivity contribution in [2.45, 2.75) is 5.92 Å². The molecule has 6 heteroatoms. The summed E-state index contributed by atoms with van der Waals surface area (Å²) in [5.74, 6) is 0.200. The highest BCUT2D eigenvalue weighted by Gasteiger charge is 2.38. The molecule has 0 bridgehead atoms. The van der Waals surface area contributed by atoms with Crippen LogP contribution in [0.3, 0.4) is 0 Å². The van der Waals surface area contributed by atoms with Gasteiger partial charge >= 0.3 is 0 Å². The van der Waals surface area contributed by atoms with Crippen molar-refractivity contribution in [1.29, 1.82) is 5.41 Å². The standard InChI is InChI=1S/C15H12N2O2S2/c1-19-10-4-2-9(3-5-10)8-11-13(18)12(14(16)21-11)15-17-6-7-20-15/h2-8,12,16H,1H3. The van der Waals surface area contributed by atoms with Crippen molar-refractivity contribution in [3.8, 4) is 5.75 Å². The van der Waals surface area contributed by atoms with Crippen LogP contribution in [0, 0.1) is 5.41 Å². The zero-order valence-corrected chi connectivity index (χ0v) is 12.8. The van der Waals surface area contributed by atoms with Crippen molar-refractivity contribution in [2.24, 2.45) is 0 Å². The number of ether oxygens (including phenoxy) is 1. The minimum absolute atomic E-state index is 0.0456. The van der Waals surface area contributed by atoms with E-state index in [-0.39, 0.29) is 5.78 Å². The van der Waals surface area contributed by atoms with Crippen molar-refractivity contribution in [2.75, 3.05) is 7.11 Å². The molecule has 0 radical (unpaired) electrons. The average Bonchev–Trinajstić information content (AvgIpc) is 3.09. The maximum Gasteiger partial charge on any atom is 0.186 e. The molecule has 0 amide bonds. The van der Waals surface area contributed by atoms with Crippen molar-refractivity contribution in [3.63, 3.8) is 0 Å². The predicted molar refractivity (Wildman–Crippen MR) is 86.2 cm³/mol. The summed E-state index contributed by atoms with van der Waals surface area (Å²) in [6, 6.07) is 7.47. The number of methoxy groups -OCH3 is 1. The molecule has 1 N–H and O–H groups in total. The maximum atomic E-state index is 12.5. The average molecular weight is 316 g/mol. The highest BCUT2D eigenvalue weighted by molar-refractivity contribution is 8.19. The predicted octanol–water partition coefficient (Wildman–Crippen LogP) is 3.57. The molecule has 1 aliphatic rings. The van der Waals surface area contributed by atoms with E-state index in [1.807, 2.05) is 35.7 Å². The van der Waals surface area contributed by atoms with Crippen LogP contribution in [0.4, 0.5) is 0 Å². The minimum atomic E-state index is -0.528. The van der Waals surface area contributed by atoms with E-state index in [0.29, 0.717) is 15.0 Å². The van der Waals surface area contributed by atoms with Gasteiger partial charge < -0.3 is 4.74 Å². The molecule has 0 saturated carbocycles. The summed E-state index contributed by atoms with van der Waals surface area (Å²) in [5.41, 5.74) is 0.916. The van der Waals surface area contributed by atoms with Crippen LogP contribution in [-0.2, 0) is 4.79 Å². The topological polar surface area (TPSA) is 63.0 Å². The first-order chi connectivity index (χ1) is 10.2. The molecule has 1 fully saturated rings. The molecule has 2 heterocycles. The molecule has 1 atom stereocenters.